The van der Waals surface area contributed by atoms with E-state index in [1.54, 1.807) is 0 Å². The molecular formula is C25H50N2. The lowest BCUT2D eigenvalue weighted by molar-refractivity contribution is 0.165. The molecule has 2 heteroatoms. The van der Waals surface area contributed by atoms with Crippen LogP contribution >= 0.6 is 0 Å². The summed E-state index contributed by atoms with van der Waals surface area (Å²) in [6, 6.07) is 0. The highest BCUT2D eigenvalue weighted by molar-refractivity contribution is 4.95. The molecule has 2 nitrogen and oxygen atoms in total. The van der Waals surface area contributed by atoms with E-state index in [1.807, 2.05) is 0 Å². The van der Waals surface area contributed by atoms with Crippen molar-refractivity contribution in [3.63, 3.8) is 0 Å². The van der Waals surface area contributed by atoms with Gasteiger partial charge in [0.25, 0.3) is 0 Å². The van der Waals surface area contributed by atoms with E-state index in [0.717, 1.165) is 0 Å². The summed E-state index contributed by atoms with van der Waals surface area (Å²) in [6.07, 6.45) is 29.3. The van der Waals surface area contributed by atoms with Crippen LogP contribution in [0.2, 0.25) is 0 Å². The second kappa shape index (κ2) is 17.4. The Morgan fingerprint density at radius 1 is 0.481 bits per heavy atom. The molecule has 1 unspecified atom stereocenters. The summed E-state index contributed by atoms with van der Waals surface area (Å²) in [5.41, 5.74) is 0. The maximum atomic E-state index is 2.54. The molecule has 0 aliphatic carbocycles. The lowest BCUT2D eigenvalue weighted by Crippen LogP contribution is -2.36. The minimum absolute atomic E-state index is 0.573. The molecule has 1 atom stereocenters. The fourth-order valence-corrected chi connectivity index (χ4v) is 4.17. The number of rotatable bonds is 19. The zero-order valence-electron chi connectivity index (χ0n) is 19.1. The van der Waals surface area contributed by atoms with Gasteiger partial charge in [-0.05, 0) is 19.8 Å². The van der Waals surface area contributed by atoms with Crippen LogP contribution in [0.25, 0.3) is 0 Å². The fraction of sp³-hybridized carbons (Fsp3) is 0.920. The summed E-state index contributed by atoms with van der Waals surface area (Å²) in [7, 11) is 0. The predicted octanol–water partition coefficient (Wildman–Crippen LogP) is 8.09. The van der Waals surface area contributed by atoms with Gasteiger partial charge in [0.15, 0.2) is 0 Å². The van der Waals surface area contributed by atoms with Gasteiger partial charge in [0.05, 0.1) is 6.17 Å². The summed E-state index contributed by atoms with van der Waals surface area (Å²) >= 11 is 0. The minimum Gasteiger partial charge on any atom is -0.356 e. The standard InChI is InChI=1S/C25H50N2/c1-4-6-8-10-11-12-13-14-15-16-18-20-22-27-24-23-26(25(27)3)21-19-17-9-7-5-2/h23-25H,4-22H2,1-3H3. The summed E-state index contributed by atoms with van der Waals surface area (Å²) in [5, 5.41) is 0. The van der Waals surface area contributed by atoms with Crippen LogP contribution in [0.3, 0.4) is 0 Å². The van der Waals surface area contributed by atoms with Crippen LogP contribution in [0.5, 0.6) is 0 Å². The molecule has 0 spiro atoms. The molecule has 1 aliphatic rings. The van der Waals surface area contributed by atoms with E-state index < -0.39 is 0 Å². The first kappa shape index (κ1) is 24.4. The first-order chi connectivity index (χ1) is 13.3. The highest BCUT2D eigenvalue weighted by Gasteiger charge is 2.20. The van der Waals surface area contributed by atoms with Crippen molar-refractivity contribution in [2.45, 2.75) is 136 Å². The number of unbranched alkanes of at least 4 members (excludes halogenated alkanes) is 15. The van der Waals surface area contributed by atoms with Crippen molar-refractivity contribution in [2.24, 2.45) is 0 Å². The van der Waals surface area contributed by atoms with E-state index in [2.05, 4.69) is 43.0 Å². The SMILES string of the molecule is CCCCCCCCCCCCCCN1C=CN(CCCCCCC)C1C. The Kier molecular flexibility index (Phi) is 15.7. The Hall–Kier alpha value is -0.660. The fourth-order valence-electron chi connectivity index (χ4n) is 4.17. The van der Waals surface area contributed by atoms with E-state index in [4.69, 9.17) is 0 Å². The summed E-state index contributed by atoms with van der Waals surface area (Å²) in [4.78, 5) is 5.08. The van der Waals surface area contributed by atoms with Crippen molar-refractivity contribution < 1.29 is 0 Å². The normalized spacial score (nSPS) is 16.6. The van der Waals surface area contributed by atoms with Crippen LogP contribution in [0.1, 0.15) is 130 Å². The van der Waals surface area contributed by atoms with Crippen molar-refractivity contribution >= 4 is 0 Å². The van der Waals surface area contributed by atoms with Gasteiger partial charge in [-0.25, -0.2) is 0 Å². The molecule has 0 aromatic rings. The Morgan fingerprint density at radius 2 is 0.778 bits per heavy atom. The first-order valence-corrected chi connectivity index (χ1v) is 12.5. The monoisotopic (exact) mass is 378 g/mol. The van der Waals surface area contributed by atoms with Crippen molar-refractivity contribution in [3.8, 4) is 0 Å². The predicted molar refractivity (Wildman–Crippen MR) is 122 cm³/mol. The van der Waals surface area contributed by atoms with Gasteiger partial charge >= 0.3 is 0 Å². The summed E-state index contributed by atoms with van der Waals surface area (Å²) < 4.78 is 0. The first-order valence-electron chi connectivity index (χ1n) is 12.5. The van der Waals surface area contributed by atoms with Crippen LogP contribution < -0.4 is 0 Å². The lowest BCUT2D eigenvalue weighted by Gasteiger charge is -2.30. The maximum Gasteiger partial charge on any atom is 0.0977 e. The Labute approximate surface area is 171 Å². The van der Waals surface area contributed by atoms with Gasteiger partial charge in [-0.2, -0.15) is 0 Å². The second-order valence-corrected chi connectivity index (χ2v) is 8.71. The van der Waals surface area contributed by atoms with Crippen LogP contribution in [-0.2, 0) is 0 Å². The van der Waals surface area contributed by atoms with Gasteiger partial charge in [-0.15, -0.1) is 0 Å². The van der Waals surface area contributed by atoms with E-state index in [0.29, 0.717) is 6.17 Å². The lowest BCUT2D eigenvalue weighted by atomic mass is 10.1. The molecule has 27 heavy (non-hydrogen) atoms. The van der Waals surface area contributed by atoms with Gasteiger partial charge in [0, 0.05) is 25.5 Å². The topological polar surface area (TPSA) is 6.48 Å². The number of hydrogen-bond donors (Lipinski definition) is 0. The number of nitrogens with zero attached hydrogens (tertiary/aromatic N) is 2. The molecule has 0 aromatic heterocycles. The van der Waals surface area contributed by atoms with Crippen molar-refractivity contribution in [2.75, 3.05) is 13.1 Å². The van der Waals surface area contributed by atoms with Crippen LogP contribution in [0.4, 0.5) is 0 Å². The molecule has 0 saturated heterocycles. The Balaban J connectivity index is 1.89. The van der Waals surface area contributed by atoms with Gasteiger partial charge in [-0.1, -0.05) is 110 Å². The molecule has 1 heterocycles. The van der Waals surface area contributed by atoms with E-state index in [-0.39, 0.29) is 0 Å². The molecule has 0 aromatic carbocycles. The van der Waals surface area contributed by atoms with E-state index in [1.165, 1.54) is 122 Å². The van der Waals surface area contributed by atoms with Crippen molar-refractivity contribution in [1.82, 2.24) is 9.80 Å². The van der Waals surface area contributed by atoms with Crippen molar-refractivity contribution in [1.29, 1.82) is 0 Å². The van der Waals surface area contributed by atoms with Gasteiger partial charge in [-0.3, -0.25) is 0 Å². The van der Waals surface area contributed by atoms with Crippen LogP contribution in [0.15, 0.2) is 12.4 Å². The Morgan fingerprint density at radius 3 is 1.11 bits per heavy atom. The molecule has 1 aliphatic heterocycles. The third kappa shape index (κ3) is 12.4. The molecule has 0 fully saturated rings. The highest BCUT2D eigenvalue weighted by atomic mass is 15.4. The average Bonchev–Trinajstić information content (AvgIpc) is 3.02. The largest absolute Gasteiger partial charge is 0.356 e. The quantitative estimate of drug-likeness (QED) is 0.209. The zero-order valence-corrected chi connectivity index (χ0v) is 19.1. The molecule has 0 N–H and O–H groups in total. The molecular weight excluding hydrogens is 328 g/mol. The van der Waals surface area contributed by atoms with Crippen LogP contribution in [0, 0.1) is 0 Å². The van der Waals surface area contributed by atoms with Crippen LogP contribution in [-0.4, -0.2) is 29.1 Å². The number of hydrogen-bond acceptors (Lipinski definition) is 2. The van der Waals surface area contributed by atoms with Gasteiger partial charge in [0.1, 0.15) is 0 Å². The Bertz CT molecular complexity index is 339. The summed E-state index contributed by atoms with van der Waals surface area (Å²) in [5.74, 6) is 0. The highest BCUT2D eigenvalue weighted by Crippen LogP contribution is 2.18. The summed E-state index contributed by atoms with van der Waals surface area (Å²) in [6.45, 7) is 9.43. The van der Waals surface area contributed by atoms with E-state index in [9.17, 15) is 0 Å². The average molecular weight is 379 g/mol. The molecule has 1 rings (SSSR count). The smallest absolute Gasteiger partial charge is 0.0977 e. The molecule has 0 amide bonds. The third-order valence-electron chi connectivity index (χ3n) is 6.20. The maximum absolute atomic E-state index is 2.54. The van der Waals surface area contributed by atoms with Gasteiger partial charge in [0.2, 0.25) is 0 Å². The molecule has 0 saturated carbocycles. The molecule has 0 bridgehead atoms. The zero-order chi connectivity index (χ0) is 19.6. The molecule has 0 radical (unpaired) electrons. The molecule has 160 valence electrons. The minimum atomic E-state index is 0.573. The third-order valence-corrected chi connectivity index (χ3v) is 6.20. The second-order valence-electron chi connectivity index (χ2n) is 8.71. The van der Waals surface area contributed by atoms with Crippen molar-refractivity contribution in [3.05, 3.63) is 12.4 Å². The van der Waals surface area contributed by atoms with Gasteiger partial charge < -0.3 is 9.80 Å². The van der Waals surface area contributed by atoms with E-state index >= 15 is 0 Å².